The zero-order chi connectivity index (χ0) is 60.9. The van der Waals surface area contributed by atoms with E-state index in [9.17, 15) is 25.2 Å². The third-order valence-corrected chi connectivity index (χ3v) is 18.5. The highest BCUT2D eigenvalue weighted by molar-refractivity contribution is 8.76. The summed E-state index contributed by atoms with van der Waals surface area (Å²) in [5.41, 5.74) is 0. The van der Waals surface area contributed by atoms with Crippen LogP contribution < -0.4 is 0 Å². The molecular weight excluding hydrogens is 1080 g/mol. The summed E-state index contributed by atoms with van der Waals surface area (Å²) in [6, 6.07) is 0. The molecule has 1 fully saturated rings. The van der Waals surface area contributed by atoms with Crippen LogP contribution in [0, 0.1) is 0 Å². The smallest absolute Gasteiger partial charge is 0.305 e. The first-order chi connectivity index (χ1) is 41.2. The van der Waals surface area contributed by atoms with Crippen LogP contribution in [0.5, 0.6) is 0 Å². The van der Waals surface area contributed by atoms with Gasteiger partial charge in [0.05, 0.1) is 24.4 Å². The minimum Gasteiger partial charge on any atom is -0.464 e. The van der Waals surface area contributed by atoms with Crippen molar-refractivity contribution in [3.05, 3.63) is 72.9 Å². The molecule has 0 aromatic heterocycles. The molecule has 0 saturated carbocycles. The molecule has 4 atom stereocenters. The van der Waals surface area contributed by atoms with Crippen LogP contribution in [0.25, 0.3) is 0 Å². The Morgan fingerprint density at radius 2 is 0.774 bits per heavy atom. The van der Waals surface area contributed by atoms with Crippen LogP contribution in [0.2, 0.25) is 0 Å². The van der Waals surface area contributed by atoms with Crippen molar-refractivity contribution in [3.63, 3.8) is 0 Å². The average Bonchev–Trinajstić information content (AvgIpc) is 3.56. The number of carbonyl (C=O) groups is 1. The number of esters is 1. The van der Waals surface area contributed by atoms with E-state index in [1.54, 1.807) is 0 Å². The Kier molecular flexibility index (Phi) is 60.1. The third kappa shape index (κ3) is 55.6. The SMILES string of the molecule is CC/C=C\C/C=C\C/C=C\CCCCCCC(O)CN(CCCC(=O)OCCN1CCN(CCSSCCCCN(CC(O)CCCCCCCC)CC(O)CCCCCCCC)CC1)CC(O)CCCCCC/C=C\C/C=C\C/C=C\CC. The standard InChI is InChI=1S/C72H134N4O6S2/c1-5-9-13-17-21-23-25-27-29-31-33-35-39-43-50-70(79)66-76(67-71(80)51-44-40-36-34-32-30-28-26-24-22-18-14-10-6-2)54-47-52-72(81)82-61-59-73-55-57-74(58-56-73)60-63-84-83-62-46-45-53-75(64-68(77)48-41-37-19-15-11-7-3)65-69(78)49-42-38-20-16-12-8-4/h9-10,13-14,21-24,27-30,68-71,77-80H,5-8,11-12,15-20,25-26,31-67H2,1-4H3/b13-9-,14-10-,23-21-,24-22-,29-27-,30-28-. The highest BCUT2D eigenvalue weighted by Gasteiger charge is 2.20. The second-order valence-electron chi connectivity index (χ2n) is 24.2. The highest BCUT2D eigenvalue weighted by atomic mass is 33.1. The van der Waals surface area contributed by atoms with E-state index in [-0.39, 0.29) is 18.2 Å². The Labute approximate surface area is 527 Å². The average molecular weight is 1220 g/mol. The quantitative estimate of drug-likeness (QED) is 0.0201. The fraction of sp³-hybridized carbons (Fsp3) is 0.819. The van der Waals surface area contributed by atoms with Crippen molar-refractivity contribution in [2.75, 3.05) is 96.6 Å². The zero-order valence-corrected chi connectivity index (χ0v) is 56.6. The molecule has 12 heteroatoms. The normalized spacial score (nSPS) is 15.5. The molecule has 1 aliphatic heterocycles. The summed E-state index contributed by atoms with van der Waals surface area (Å²) >= 11 is 0. The van der Waals surface area contributed by atoms with Crippen molar-refractivity contribution in [3.8, 4) is 0 Å². The fourth-order valence-corrected chi connectivity index (χ4v) is 13.0. The Balaban J connectivity index is 2.41. The third-order valence-electron chi connectivity index (χ3n) is 16.1. The van der Waals surface area contributed by atoms with Gasteiger partial charge in [0.15, 0.2) is 0 Å². The molecule has 0 aromatic carbocycles. The van der Waals surface area contributed by atoms with Gasteiger partial charge in [-0.05, 0) is 122 Å². The number of aliphatic hydroxyl groups is 4. The van der Waals surface area contributed by atoms with Crippen LogP contribution in [0.1, 0.15) is 259 Å². The molecule has 10 nitrogen and oxygen atoms in total. The Morgan fingerprint density at radius 3 is 1.20 bits per heavy atom. The maximum absolute atomic E-state index is 12.9. The van der Waals surface area contributed by atoms with Crippen molar-refractivity contribution in [1.82, 2.24) is 19.6 Å². The number of hydrogen-bond donors (Lipinski definition) is 4. The monoisotopic (exact) mass is 1210 g/mol. The van der Waals surface area contributed by atoms with Crippen LogP contribution in [0.3, 0.4) is 0 Å². The summed E-state index contributed by atoms with van der Waals surface area (Å²) in [5.74, 6) is 2.08. The van der Waals surface area contributed by atoms with Gasteiger partial charge in [-0.15, -0.1) is 0 Å². The molecule has 84 heavy (non-hydrogen) atoms. The molecule has 1 saturated heterocycles. The van der Waals surface area contributed by atoms with Gasteiger partial charge >= 0.3 is 5.97 Å². The number of rotatable bonds is 62. The molecule has 0 aliphatic carbocycles. The molecule has 1 aliphatic rings. The lowest BCUT2D eigenvalue weighted by molar-refractivity contribution is -0.144. The van der Waals surface area contributed by atoms with Crippen LogP contribution in [0.4, 0.5) is 0 Å². The van der Waals surface area contributed by atoms with E-state index in [1.807, 2.05) is 21.6 Å². The molecule has 0 amide bonds. The predicted molar refractivity (Wildman–Crippen MR) is 369 cm³/mol. The van der Waals surface area contributed by atoms with Gasteiger partial charge < -0.3 is 25.2 Å². The van der Waals surface area contributed by atoms with Crippen molar-refractivity contribution < 1.29 is 30.0 Å². The minimum absolute atomic E-state index is 0.158. The maximum Gasteiger partial charge on any atom is 0.305 e. The van der Waals surface area contributed by atoms with E-state index >= 15 is 0 Å². The molecular formula is C72H134N4O6S2. The van der Waals surface area contributed by atoms with E-state index in [2.05, 4.69) is 120 Å². The van der Waals surface area contributed by atoms with Crippen LogP contribution in [-0.4, -0.2) is 167 Å². The summed E-state index contributed by atoms with van der Waals surface area (Å²) in [6.07, 6.45) is 64.1. The summed E-state index contributed by atoms with van der Waals surface area (Å²) in [6.45, 7) is 19.2. The van der Waals surface area contributed by atoms with Crippen molar-refractivity contribution >= 4 is 27.6 Å². The first-order valence-electron chi connectivity index (χ1n) is 35.1. The van der Waals surface area contributed by atoms with Gasteiger partial charge in [0.1, 0.15) is 6.61 Å². The second-order valence-corrected chi connectivity index (χ2v) is 26.9. The predicted octanol–water partition coefficient (Wildman–Crippen LogP) is 17.0. The van der Waals surface area contributed by atoms with Crippen LogP contribution in [0.15, 0.2) is 72.9 Å². The van der Waals surface area contributed by atoms with Crippen LogP contribution >= 0.6 is 21.6 Å². The lowest BCUT2D eigenvalue weighted by Crippen LogP contribution is -2.47. The number of carbonyl (C=O) groups excluding carboxylic acids is 1. The van der Waals surface area contributed by atoms with Crippen molar-refractivity contribution in [1.29, 1.82) is 0 Å². The number of ether oxygens (including phenoxy) is 1. The molecule has 0 spiro atoms. The molecule has 1 heterocycles. The van der Waals surface area contributed by atoms with E-state index in [1.165, 1.54) is 89.9 Å². The van der Waals surface area contributed by atoms with E-state index in [0.29, 0.717) is 52.2 Å². The van der Waals surface area contributed by atoms with Gasteiger partial charge in [-0.25, -0.2) is 0 Å². The Bertz CT molecular complexity index is 1510. The lowest BCUT2D eigenvalue weighted by Gasteiger charge is -2.34. The van der Waals surface area contributed by atoms with E-state index < -0.39 is 12.2 Å². The van der Waals surface area contributed by atoms with Gasteiger partial charge in [-0.1, -0.05) is 238 Å². The van der Waals surface area contributed by atoms with Gasteiger partial charge in [0, 0.05) is 83.4 Å². The van der Waals surface area contributed by atoms with Crippen molar-refractivity contribution in [2.24, 2.45) is 0 Å². The lowest BCUT2D eigenvalue weighted by atomic mass is 10.1. The van der Waals surface area contributed by atoms with E-state index in [4.69, 9.17) is 4.74 Å². The molecule has 0 aromatic rings. The van der Waals surface area contributed by atoms with Gasteiger partial charge in [-0.3, -0.25) is 24.4 Å². The first-order valence-corrected chi connectivity index (χ1v) is 37.6. The van der Waals surface area contributed by atoms with Crippen molar-refractivity contribution in [2.45, 2.75) is 283 Å². The Hall–Kier alpha value is -1.71. The number of allylic oxidation sites excluding steroid dienone is 12. The van der Waals surface area contributed by atoms with Crippen LogP contribution in [-0.2, 0) is 9.53 Å². The number of aliphatic hydroxyl groups excluding tert-OH is 4. The molecule has 4 unspecified atom stereocenters. The number of piperazine rings is 1. The number of hydrogen-bond acceptors (Lipinski definition) is 12. The fourth-order valence-electron chi connectivity index (χ4n) is 10.9. The molecule has 4 N–H and O–H groups in total. The zero-order valence-electron chi connectivity index (χ0n) is 55.0. The maximum atomic E-state index is 12.9. The van der Waals surface area contributed by atoms with Gasteiger partial charge in [-0.2, -0.15) is 0 Å². The summed E-state index contributed by atoms with van der Waals surface area (Å²) in [4.78, 5) is 22.4. The summed E-state index contributed by atoms with van der Waals surface area (Å²) < 4.78 is 5.74. The van der Waals surface area contributed by atoms with Gasteiger partial charge in [0.2, 0.25) is 0 Å². The number of unbranched alkanes of at least 4 members (excludes halogenated alkanes) is 19. The summed E-state index contributed by atoms with van der Waals surface area (Å²) in [7, 11) is 3.97. The largest absolute Gasteiger partial charge is 0.464 e. The highest BCUT2D eigenvalue weighted by Crippen LogP contribution is 2.23. The molecule has 1 rings (SSSR count). The molecule has 490 valence electrons. The van der Waals surface area contributed by atoms with E-state index in [0.717, 1.165) is 186 Å². The first kappa shape index (κ1) is 80.3. The topological polar surface area (TPSA) is 120 Å². The molecule has 0 radical (unpaired) electrons. The number of nitrogens with zero attached hydrogens (tertiary/aromatic N) is 4. The van der Waals surface area contributed by atoms with Gasteiger partial charge in [0.25, 0.3) is 0 Å². The summed E-state index contributed by atoms with van der Waals surface area (Å²) in [5, 5.41) is 44.1. The minimum atomic E-state index is -0.446. The Morgan fingerprint density at radius 1 is 0.417 bits per heavy atom. The second kappa shape index (κ2) is 62.9. The molecule has 0 bridgehead atoms.